The van der Waals surface area contributed by atoms with Crippen LogP contribution in [0.3, 0.4) is 0 Å². The first-order chi connectivity index (χ1) is 5.27. The van der Waals surface area contributed by atoms with Crippen molar-refractivity contribution in [1.82, 2.24) is 0 Å². The molecule has 0 saturated carbocycles. The minimum absolute atomic E-state index is 0. The standard InChI is InChI=1S/C11H11.Li/c1-8-3-6-11-9(2)4-5-10(11)7-8;/h3,5-7,9H,1-2H3;/q-1;+1. The summed E-state index contributed by atoms with van der Waals surface area (Å²) in [6, 6.07) is 6.58. The van der Waals surface area contributed by atoms with Crippen LogP contribution in [0.5, 0.6) is 0 Å². The molecule has 2 rings (SSSR count). The van der Waals surface area contributed by atoms with Gasteiger partial charge in [0.15, 0.2) is 0 Å². The van der Waals surface area contributed by atoms with Crippen molar-refractivity contribution in [2.75, 3.05) is 0 Å². The third-order valence-electron chi connectivity index (χ3n) is 2.20. The van der Waals surface area contributed by atoms with E-state index in [1.807, 2.05) is 0 Å². The molecule has 0 nitrogen and oxygen atoms in total. The zero-order valence-electron chi connectivity index (χ0n) is 7.89. The molecule has 56 valence electrons. The average Bonchev–Trinajstić information content (AvgIpc) is 2.32. The van der Waals surface area contributed by atoms with E-state index in [-0.39, 0.29) is 18.9 Å². The van der Waals surface area contributed by atoms with Crippen LogP contribution in [0.25, 0.3) is 6.08 Å². The molecule has 1 aliphatic carbocycles. The first-order valence-corrected chi connectivity index (χ1v) is 3.97. The molecule has 0 bridgehead atoms. The zero-order valence-corrected chi connectivity index (χ0v) is 7.89. The molecular formula is C11H11Li. The van der Waals surface area contributed by atoms with E-state index in [4.69, 9.17) is 0 Å². The van der Waals surface area contributed by atoms with Crippen molar-refractivity contribution in [3.05, 3.63) is 41.0 Å². The van der Waals surface area contributed by atoms with E-state index >= 15 is 0 Å². The topological polar surface area (TPSA) is 0 Å². The van der Waals surface area contributed by atoms with Crippen LogP contribution in [0.2, 0.25) is 0 Å². The van der Waals surface area contributed by atoms with Crippen LogP contribution in [0.1, 0.15) is 29.5 Å². The quantitative estimate of drug-likeness (QED) is 0.359. The van der Waals surface area contributed by atoms with Gasteiger partial charge in [0, 0.05) is 0 Å². The number of benzene rings is 1. The third kappa shape index (κ3) is 1.51. The Morgan fingerprint density at radius 2 is 2.08 bits per heavy atom. The molecule has 1 unspecified atom stereocenters. The number of aryl methyl sites for hydroxylation is 1. The second-order valence-corrected chi connectivity index (χ2v) is 3.17. The molecule has 0 fully saturated rings. The van der Waals surface area contributed by atoms with Crippen molar-refractivity contribution in [3.63, 3.8) is 0 Å². The van der Waals surface area contributed by atoms with Gasteiger partial charge in [-0.2, -0.15) is 5.56 Å². The van der Waals surface area contributed by atoms with Crippen LogP contribution in [-0.2, 0) is 0 Å². The molecular weight excluding hydrogens is 139 g/mol. The van der Waals surface area contributed by atoms with Gasteiger partial charge in [0.2, 0.25) is 0 Å². The molecule has 1 heteroatoms. The molecule has 0 amide bonds. The van der Waals surface area contributed by atoms with Crippen LogP contribution in [-0.4, -0.2) is 0 Å². The van der Waals surface area contributed by atoms with Gasteiger partial charge in [0.1, 0.15) is 0 Å². The van der Waals surface area contributed by atoms with Gasteiger partial charge in [-0.25, -0.2) is 6.08 Å². The largest absolute Gasteiger partial charge is 1.00 e. The van der Waals surface area contributed by atoms with Gasteiger partial charge < -0.3 is 0 Å². The van der Waals surface area contributed by atoms with Gasteiger partial charge in [-0.15, -0.1) is 11.6 Å². The third-order valence-corrected chi connectivity index (χ3v) is 2.20. The Hall–Kier alpha value is -0.443. The van der Waals surface area contributed by atoms with Gasteiger partial charge >= 0.3 is 18.9 Å². The molecule has 0 aromatic heterocycles. The summed E-state index contributed by atoms with van der Waals surface area (Å²) in [7, 11) is 0. The first-order valence-electron chi connectivity index (χ1n) is 3.97. The molecule has 1 aliphatic rings. The van der Waals surface area contributed by atoms with E-state index in [2.05, 4.69) is 44.2 Å². The van der Waals surface area contributed by atoms with E-state index in [9.17, 15) is 0 Å². The normalized spacial score (nSPS) is 18.7. The Labute approximate surface area is 85.9 Å². The molecule has 1 aromatic rings. The fraction of sp³-hybridized carbons (Fsp3) is 0.273. The number of hydrogen-bond acceptors (Lipinski definition) is 0. The van der Waals surface area contributed by atoms with E-state index in [0.717, 1.165) is 0 Å². The van der Waals surface area contributed by atoms with Crippen molar-refractivity contribution in [1.29, 1.82) is 0 Å². The van der Waals surface area contributed by atoms with E-state index in [0.29, 0.717) is 5.92 Å². The van der Waals surface area contributed by atoms with Crippen LogP contribution >= 0.6 is 0 Å². The minimum atomic E-state index is 0. The van der Waals surface area contributed by atoms with Crippen molar-refractivity contribution >= 4 is 6.08 Å². The average molecular weight is 150 g/mol. The van der Waals surface area contributed by atoms with Gasteiger partial charge in [0.05, 0.1) is 0 Å². The maximum absolute atomic E-state index is 3.29. The SMILES string of the molecule is Cc1ccc2c(c1)C=[C-]C2C.[Li+]. The van der Waals surface area contributed by atoms with Crippen LogP contribution in [0, 0.1) is 13.0 Å². The number of allylic oxidation sites excluding steroid dienone is 1. The van der Waals surface area contributed by atoms with Crippen LogP contribution in [0.15, 0.2) is 18.2 Å². The van der Waals surface area contributed by atoms with E-state index in [1.54, 1.807) is 0 Å². The Kier molecular flexibility index (Phi) is 2.83. The van der Waals surface area contributed by atoms with Crippen molar-refractivity contribution in [2.24, 2.45) is 0 Å². The van der Waals surface area contributed by atoms with Crippen LogP contribution < -0.4 is 18.9 Å². The molecule has 0 radical (unpaired) electrons. The Morgan fingerprint density at radius 3 is 2.83 bits per heavy atom. The van der Waals surface area contributed by atoms with E-state index in [1.165, 1.54) is 16.7 Å². The van der Waals surface area contributed by atoms with Gasteiger partial charge in [-0.3, -0.25) is 6.08 Å². The molecule has 0 spiro atoms. The van der Waals surface area contributed by atoms with Crippen molar-refractivity contribution in [2.45, 2.75) is 19.8 Å². The van der Waals surface area contributed by atoms with Gasteiger partial charge in [-0.1, -0.05) is 30.5 Å². The molecule has 0 saturated heterocycles. The van der Waals surface area contributed by atoms with Crippen molar-refractivity contribution in [3.8, 4) is 0 Å². The number of rotatable bonds is 0. The first kappa shape index (κ1) is 9.64. The summed E-state index contributed by atoms with van der Waals surface area (Å²) in [6.07, 6.45) is 5.38. The Balaban J connectivity index is 0.000000720. The summed E-state index contributed by atoms with van der Waals surface area (Å²) in [5.74, 6) is 0.491. The predicted molar refractivity (Wildman–Crippen MR) is 47.3 cm³/mol. The fourth-order valence-corrected chi connectivity index (χ4v) is 1.52. The minimum Gasteiger partial charge on any atom is -0.269 e. The maximum atomic E-state index is 3.29. The summed E-state index contributed by atoms with van der Waals surface area (Å²) in [5, 5.41) is 0. The van der Waals surface area contributed by atoms with E-state index < -0.39 is 0 Å². The second kappa shape index (κ2) is 3.52. The Morgan fingerprint density at radius 1 is 1.33 bits per heavy atom. The van der Waals surface area contributed by atoms with Gasteiger partial charge in [-0.05, 0) is 6.92 Å². The fourth-order valence-electron chi connectivity index (χ4n) is 1.52. The monoisotopic (exact) mass is 150 g/mol. The number of fused-ring (bicyclic) bond motifs is 1. The summed E-state index contributed by atoms with van der Waals surface area (Å²) in [5.41, 5.74) is 4.09. The zero-order chi connectivity index (χ0) is 7.84. The van der Waals surface area contributed by atoms with Gasteiger partial charge in [0.25, 0.3) is 0 Å². The smallest absolute Gasteiger partial charge is 0.269 e. The Bertz CT molecular complexity index is 313. The number of hydrogen-bond donors (Lipinski definition) is 0. The molecule has 1 aromatic carbocycles. The summed E-state index contributed by atoms with van der Waals surface area (Å²) in [6.45, 7) is 4.30. The van der Waals surface area contributed by atoms with Crippen molar-refractivity contribution < 1.29 is 18.9 Å². The molecule has 12 heavy (non-hydrogen) atoms. The molecule has 0 N–H and O–H groups in total. The molecule has 0 heterocycles. The molecule has 0 aliphatic heterocycles. The second-order valence-electron chi connectivity index (χ2n) is 3.17. The predicted octanol–water partition coefficient (Wildman–Crippen LogP) is -0.0675. The summed E-state index contributed by atoms with van der Waals surface area (Å²) in [4.78, 5) is 0. The maximum Gasteiger partial charge on any atom is 1.00 e. The van der Waals surface area contributed by atoms with Crippen LogP contribution in [0.4, 0.5) is 0 Å². The molecule has 1 atom stereocenters. The summed E-state index contributed by atoms with van der Waals surface area (Å²) < 4.78 is 0. The summed E-state index contributed by atoms with van der Waals surface area (Å²) >= 11 is 0.